The molecule has 3 rings (SSSR count). The van der Waals surface area contributed by atoms with Gasteiger partial charge < -0.3 is 27.2 Å². The molecule has 0 bridgehead atoms. The molecular weight excluding hydrogens is 510 g/mol. The van der Waals surface area contributed by atoms with Crippen LogP contribution in [-0.2, 0) is 32.0 Å². The van der Waals surface area contributed by atoms with Crippen molar-refractivity contribution in [2.24, 2.45) is 17.4 Å². The third-order valence-corrected chi connectivity index (χ3v) is 6.97. The zero-order valence-corrected chi connectivity index (χ0v) is 23.2. The number of phenols is 1. The fourth-order valence-corrected chi connectivity index (χ4v) is 4.89. The van der Waals surface area contributed by atoms with Gasteiger partial charge in [0, 0.05) is 6.42 Å². The van der Waals surface area contributed by atoms with Crippen molar-refractivity contribution in [1.29, 1.82) is 0 Å². The minimum atomic E-state index is -1.15. The molecule has 1 fully saturated rings. The fraction of sp³-hybridized carbons (Fsp3) is 0.467. The van der Waals surface area contributed by atoms with E-state index in [0.717, 1.165) is 10.5 Å². The highest BCUT2D eigenvalue weighted by atomic mass is 16.3. The van der Waals surface area contributed by atoms with Crippen LogP contribution in [0.1, 0.15) is 50.7 Å². The van der Waals surface area contributed by atoms with E-state index in [1.54, 1.807) is 12.1 Å². The first-order valence-electron chi connectivity index (χ1n) is 13.9. The zero-order chi connectivity index (χ0) is 29.2. The monoisotopic (exact) mass is 551 g/mol. The number of unbranched alkanes of at least 4 members (excludes halogenated alkanes) is 1. The summed E-state index contributed by atoms with van der Waals surface area (Å²) in [5.74, 6) is -2.33. The Bertz CT molecular complexity index is 1150. The van der Waals surface area contributed by atoms with Crippen LogP contribution in [0.5, 0.6) is 5.75 Å². The summed E-state index contributed by atoms with van der Waals surface area (Å²) in [6, 6.07) is 11.3. The largest absolute Gasteiger partial charge is 0.508 e. The van der Waals surface area contributed by atoms with Gasteiger partial charge in [-0.15, -0.1) is 0 Å². The smallest absolute Gasteiger partial charge is 0.252 e. The van der Waals surface area contributed by atoms with Gasteiger partial charge in [0.15, 0.2) is 0 Å². The molecule has 0 aromatic heterocycles. The molecule has 40 heavy (non-hydrogen) atoms. The van der Waals surface area contributed by atoms with E-state index in [1.165, 1.54) is 12.1 Å². The van der Waals surface area contributed by atoms with E-state index in [4.69, 9.17) is 11.5 Å². The van der Waals surface area contributed by atoms with Crippen molar-refractivity contribution in [1.82, 2.24) is 15.5 Å². The van der Waals surface area contributed by atoms with Crippen LogP contribution in [0.25, 0.3) is 0 Å². The van der Waals surface area contributed by atoms with Crippen LogP contribution in [-0.4, -0.2) is 64.3 Å². The van der Waals surface area contributed by atoms with Crippen molar-refractivity contribution in [3.63, 3.8) is 0 Å². The Morgan fingerprint density at radius 3 is 2.20 bits per heavy atom. The molecule has 1 heterocycles. The lowest BCUT2D eigenvalue weighted by Crippen LogP contribution is -2.60. The number of amides is 4. The number of nitrogens with zero attached hydrogens (tertiary/aromatic N) is 1. The van der Waals surface area contributed by atoms with Crippen molar-refractivity contribution in [2.45, 2.75) is 76.5 Å². The van der Waals surface area contributed by atoms with Gasteiger partial charge in [0.25, 0.3) is 5.91 Å². The van der Waals surface area contributed by atoms with E-state index in [1.807, 2.05) is 44.2 Å². The molecule has 0 saturated carbocycles. The predicted molar refractivity (Wildman–Crippen MR) is 152 cm³/mol. The number of carbonyl (C=O) groups is 4. The fourth-order valence-electron chi connectivity index (χ4n) is 4.89. The van der Waals surface area contributed by atoms with Crippen molar-refractivity contribution in [3.05, 3.63) is 65.7 Å². The molecule has 4 amide bonds. The molecule has 7 N–H and O–H groups in total. The number of phenolic OH excluding ortho intramolecular Hbond substituents is 1. The summed E-state index contributed by atoms with van der Waals surface area (Å²) >= 11 is 0. The summed E-state index contributed by atoms with van der Waals surface area (Å²) in [6.45, 7) is 4.22. The summed E-state index contributed by atoms with van der Waals surface area (Å²) in [6.07, 6.45) is 1.89. The second kappa shape index (κ2) is 14.6. The summed E-state index contributed by atoms with van der Waals surface area (Å²) in [7, 11) is 0. The summed E-state index contributed by atoms with van der Waals surface area (Å²) in [4.78, 5) is 56.0. The molecule has 1 aliphatic rings. The van der Waals surface area contributed by atoms with Gasteiger partial charge in [-0.05, 0) is 67.8 Å². The van der Waals surface area contributed by atoms with Gasteiger partial charge in [-0.2, -0.15) is 0 Å². The van der Waals surface area contributed by atoms with Crippen molar-refractivity contribution in [2.75, 3.05) is 6.54 Å². The van der Waals surface area contributed by atoms with Crippen LogP contribution >= 0.6 is 0 Å². The number of nitrogens with one attached hydrogen (secondary N) is 2. The third-order valence-electron chi connectivity index (χ3n) is 6.97. The predicted octanol–water partition coefficient (Wildman–Crippen LogP) is 1.39. The Morgan fingerprint density at radius 2 is 1.57 bits per heavy atom. The maximum atomic E-state index is 14.0. The molecule has 2 aromatic rings. The number of nitrogens with two attached hydrogens (primary N) is 2. The average Bonchev–Trinajstić information content (AvgIpc) is 2.95. The second-order valence-corrected chi connectivity index (χ2v) is 10.8. The van der Waals surface area contributed by atoms with Gasteiger partial charge in [0.1, 0.15) is 23.9 Å². The lowest BCUT2D eigenvalue weighted by Gasteiger charge is -2.33. The molecule has 216 valence electrons. The van der Waals surface area contributed by atoms with E-state index < -0.39 is 47.8 Å². The van der Waals surface area contributed by atoms with Gasteiger partial charge in [-0.3, -0.25) is 24.1 Å². The summed E-state index contributed by atoms with van der Waals surface area (Å²) in [5.41, 5.74) is 13.6. The van der Waals surface area contributed by atoms with Crippen molar-refractivity contribution < 1.29 is 24.3 Å². The molecule has 0 radical (unpaired) electrons. The lowest BCUT2D eigenvalue weighted by molar-refractivity contribution is -0.154. The van der Waals surface area contributed by atoms with E-state index in [-0.39, 0.29) is 37.4 Å². The highest BCUT2D eigenvalue weighted by Gasteiger charge is 2.43. The Hall–Kier alpha value is -3.76. The van der Waals surface area contributed by atoms with Crippen LogP contribution < -0.4 is 22.1 Å². The molecular formula is C30H41N5O5. The number of hydrogen-bond acceptors (Lipinski definition) is 7. The minimum absolute atomic E-state index is 0.0181. The summed E-state index contributed by atoms with van der Waals surface area (Å²) < 4.78 is 0. The molecule has 2 aromatic carbocycles. The van der Waals surface area contributed by atoms with E-state index in [2.05, 4.69) is 10.6 Å². The van der Waals surface area contributed by atoms with E-state index >= 15 is 0 Å². The Morgan fingerprint density at radius 1 is 0.925 bits per heavy atom. The number of imide groups is 1. The van der Waals surface area contributed by atoms with Gasteiger partial charge in [-0.1, -0.05) is 56.3 Å². The molecule has 1 aliphatic heterocycles. The van der Waals surface area contributed by atoms with Gasteiger partial charge >= 0.3 is 0 Å². The maximum Gasteiger partial charge on any atom is 0.252 e. The Kier molecular flexibility index (Phi) is 11.2. The molecule has 0 unspecified atom stereocenters. The topological polar surface area (TPSA) is 168 Å². The quantitative estimate of drug-likeness (QED) is 0.263. The van der Waals surface area contributed by atoms with Crippen molar-refractivity contribution in [3.8, 4) is 5.75 Å². The van der Waals surface area contributed by atoms with Crippen LogP contribution in [0.15, 0.2) is 54.6 Å². The van der Waals surface area contributed by atoms with Crippen LogP contribution in [0.3, 0.4) is 0 Å². The summed E-state index contributed by atoms with van der Waals surface area (Å²) in [5, 5.41) is 15.2. The number of rotatable bonds is 11. The number of hydrogen-bond donors (Lipinski definition) is 5. The molecule has 0 aliphatic carbocycles. The molecule has 10 heteroatoms. The Balaban J connectivity index is 1.99. The zero-order valence-electron chi connectivity index (χ0n) is 23.2. The molecule has 4 atom stereocenters. The average molecular weight is 552 g/mol. The second-order valence-electron chi connectivity index (χ2n) is 10.8. The molecule has 1 saturated heterocycles. The molecule has 0 spiro atoms. The van der Waals surface area contributed by atoms with Crippen LogP contribution in [0.4, 0.5) is 0 Å². The molecule has 10 nitrogen and oxygen atoms in total. The standard InChI is InChI=1S/C30H41N5O5/c1-19(2)16-25-30(40)35(29(39)23(32)17-21-11-13-22(36)14-12-21)26(10-6-7-15-31)28(38)33-24(27(37)34-25)18-20-8-4-3-5-9-20/h3-5,8-9,11-14,19,23-26,36H,6-7,10,15-18,31-32H2,1-2H3,(H,33,38)(H,34,37)/t23-,24-,25+,26-/m0/s1. The number of aromatic hydroxyl groups is 1. The normalized spacial score (nSPS) is 20.8. The minimum Gasteiger partial charge on any atom is -0.508 e. The lowest BCUT2D eigenvalue weighted by atomic mass is 9.98. The highest BCUT2D eigenvalue weighted by molar-refractivity contribution is 6.06. The first kappa shape index (κ1) is 30.8. The van der Waals surface area contributed by atoms with Crippen molar-refractivity contribution >= 4 is 23.6 Å². The highest BCUT2D eigenvalue weighted by Crippen LogP contribution is 2.20. The Labute approximate surface area is 235 Å². The van der Waals surface area contributed by atoms with E-state index in [0.29, 0.717) is 24.9 Å². The van der Waals surface area contributed by atoms with E-state index in [9.17, 15) is 24.3 Å². The number of carbonyl (C=O) groups excluding carboxylic acids is 4. The van der Waals surface area contributed by atoms with Gasteiger partial charge in [0.05, 0.1) is 6.04 Å². The third kappa shape index (κ3) is 8.37. The number of benzene rings is 2. The van der Waals surface area contributed by atoms with Crippen LogP contribution in [0.2, 0.25) is 0 Å². The van der Waals surface area contributed by atoms with Crippen LogP contribution in [0, 0.1) is 5.92 Å². The maximum absolute atomic E-state index is 14.0. The first-order chi connectivity index (χ1) is 19.1. The van der Waals surface area contributed by atoms with Gasteiger partial charge in [-0.25, -0.2) is 0 Å². The van der Waals surface area contributed by atoms with Gasteiger partial charge in [0.2, 0.25) is 17.7 Å². The SMILES string of the molecule is CC(C)C[C@H]1NC(=O)[C@H](Cc2ccccc2)NC(=O)[C@H](CCCCN)N(C(=O)[C@@H](N)Cc2ccc(O)cc2)C1=O. The first-order valence-corrected chi connectivity index (χ1v) is 13.9.